The van der Waals surface area contributed by atoms with E-state index in [1.165, 1.54) is 4.90 Å². The molecular weight excluding hydrogens is 430 g/mol. The van der Waals surface area contributed by atoms with E-state index in [1.807, 2.05) is 85.1 Å². The molecule has 173 valence electrons. The summed E-state index contributed by atoms with van der Waals surface area (Å²) < 4.78 is 11.5. The predicted octanol–water partition coefficient (Wildman–Crippen LogP) is 4.12. The van der Waals surface area contributed by atoms with E-state index in [1.54, 1.807) is 0 Å². The number of para-hydroxylation sites is 2. The number of carbonyl (C=O) groups excluding carboxylic acids is 2. The number of amides is 1. The fourth-order valence-electron chi connectivity index (χ4n) is 4.03. The molecule has 0 saturated heterocycles. The summed E-state index contributed by atoms with van der Waals surface area (Å²) in [4.78, 5) is 26.3. The molecule has 0 spiro atoms. The summed E-state index contributed by atoms with van der Waals surface area (Å²) in [6, 6.07) is 23.0. The molecule has 0 aliphatic carbocycles. The Balaban J connectivity index is 1.47. The van der Waals surface area contributed by atoms with Crippen molar-refractivity contribution < 1.29 is 19.1 Å². The van der Waals surface area contributed by atoms with Crippen molar-refractivity contribution in [1.29, 1.82) is 5.41 Å². The SMILES string of the molecule is N=C(CC[C@H](N)C(=O)N(C[C]=O)C1c2ccccc2Oc2ccccc21)OCc1ccccc1. The zero-order valence-corrected chi connectivity index (χ0v) is 18.6. The van der Waals surface area contributed by atoms with Crippen LogP contribution in [0.25, 0.3) is 0 Å². The summed E-state index contributed by atoms with van der Waals surface area (Å²) in [6.07, 6.45) is 2.28. The smallest absolute Gasteiger partial charge is 0.240 e. The Kier molecular flexibility index (Phi) is 7.34. The largest absolute Gasteiger partial charge is 0.476 e. The van der Waals surface area contributed by atoms with Crippen molar-refractivity contribution in [2.75, 3.05) is 6.54 Å². The number of nitrogens with one attached hydrogen (secondary N) is 1. The number of fused-ring (bicyclic) bond motifs is 2. The fourth-order valence-corrected chi connectivity index (χ4v) is 4.03. The Morgan fingerprint density at radius 1 is 1.00 bits per heavy atom. The lowest BCUT2D eigenvalue weighted by Gasteiger charge is -2.37. The average molecular weight is 457 g/mol. The van der Waals surface area contributed by atoms with Crippen LogP contribution in [0.3, 0.4) is 0 Å². The molecule has 3 N–H and O–H groups in total. The fraction of sp³-hybridized carbons (Fsp3) is 0.222. The molecule has 1 atom stereocenters. The van der Waals surface area contributed by atoms with Crippen molar-refractivity contribution in [2.24, 2.45) is 5.73 Å². The van der Waals surface area contributed by atoms with Gasteiger partial charge in [0.2, 0.25) is 12.2 Å². The van der Waals surface area contributed by atoms with Crippen LogP contribution in [0.15, 0.2) is 78.9 Å². The van der Waals surface area contributed by atoms with Gasteiger partial charge in [-0.15, -0.1) is 0 Å². The van der Waals surface area contributed by atoms with E-state index in [0.29, 0.717) is 11.5 Å². The van der Waals surface area contributed by atoms with Crippen LogP contribution in [-0.2, 0) is 20.9 Å². The van der Waals surface area contributed by atoms with Crippen LogP contribution < -0.4 is 10.5 Å². The molecule has 0 unspecified atom stereocenters. The van der Waals surface area contributed by atoms with Gasteiger partial charge in [-0.25, -0.2) is 0 Å². The highest BCUT2D eigenvalue weighted by atomic mass is 16.5. The first-order valence-electron chi connectivity index (χ1n) is 11.1. The normalized spacial score (nSPS) is 13.1. The molecule has 0 fully saturated rings. The number of hydrogen-bond acceptors (Lipinski definition) is 6. The van der Waals surface area contributed by atoms with E-state index in [9.17, 15) is 9.59 Å². The van der Waals surface area contributed by atoms with Crippen LogP contribution in [0.2, 0.25) is 0 Å². The minimum Gasteiger partial charge on any atom is -0.476 e. The van der Waals surface area contributed by atoms with Gasteiger partial charge in [0.25, 0.3) is 0 Å². The molecule has 0 aromatic heterocycles. The van der Waals surface area contributed by atoms with Crippen molar-refractivity contribution in [3.05, 3.63) is 95.6 Å². The molecule has 3 aromatic carbocycles. The van der Waals surface area contributed by atoms with Crippen molar-refractivity contribution in [2.45, 2.75) is 31.5 Å². The van der Waals surface area contributed by atoms with Gasteiger partial charge in [0, 0.05) is 17.5 Å². The van der Waals surface area contributed by atoms with Crippen molar-refractivity contribution in [3.63, 3.8) is 0 Å². The summed E-state index contributed by atoms with van der Waals surface area (Å²) in [7, 11) is 0. The standard InChI is InChI=1S/C27H26N3O4/c28-22(14-15-25(29)33-18-19-8-2-1-3-9-19)27(32)30(16-17-31)26-20-10-4-6-12-23(20)34-24-13-7-5-11-21(24)26/h1-13,22,26,29H,14-16,18,28H2/t22-/m0/s1. The zero-order chi connectivity index (χ0) is 23.9. The van der Waals surface area contributed by atoms with Gasteiger partial charge >= 0.3 is 0 Å². The zero-order valence-electron chi connectivity index (χ0n) is 18.6. The Morgan fingerprint density at radius 3 is 2.21 bits per heavy atom. The topological polar surface area (TPSA) is 106 Å². The Labute approximate surface area is 198 Å². The maximum Gasteiger partial charge on any atom is 0.240 e. The molecule has 4 rings (SSSR count). The third-order valence-corrected chi connectivity index (χ3v) is 5.73. The molecule has 7 nitrogen and oxygen atoms in total. The summed E-state index contributed by atoms with van der Waals surface area (Å²) in [5.74, 6) is 0.914. The van der Waals surface area contributed by atoms with Gasteiger partial charge in [-0.05, 0) is 24.1 Å². The lowest BCUT2D eigenvalue weighted by atomic mass is 9.92. The molecule has 3 aromatic rings. The van der Waals surface area contributed by atoms with Crippen LogP contribution in [-0.4, -0.2) is 35.6 Å². The van der Waals surface area contributed by atoms with Gasteiger partial charge < -0.3 is 20.1 Å². The van der Waals surface area contributed by atoms with Gasteiger partial charge in [0.05, 0.1) is 18.6 Å². The van der Waals surface area contributed by atoms with Gasteiger partial charge in [0.15, 0.2) is 5.90 Å². The number of hydrogen-bond donors (Lipinski definition) is 2. The highest BCUT2D eigenvalue weighted by molar-refractivity contribution is 5.85. The quantitative estimate of drug-likeness (QED) is 0.372. The number of ether oxygens (including phenoxy) is 2. The second-order valence-corrected chi connectivity index (χ2v) is 8.03. The molecule has 34 heavy (non-hydrogen) atoms. The third kappa shape index (κ3) is 5.15. The molecule has 1 aliphatic heterocycles. The maximum absolute atomic E-state index is 13.4. The van der Waals surface area contributed by atoms with Crippen molar-refractivity contribution >= 4 is 18.1 Å². The lowest BCUT2D eigenvalue weighted by Crippen LogP contribution is -2.47. The van der Waals surface area contributed by atoms with E-state index < -0.39 is 18.0 Å². The van der Waals surface area contributed by atoms with Crippen molar-refractivity contribution in [1.82, 2.24) is 4.90 Å². The number of benzene rings is 3. The highest BCUT2D eigenvalue weighted by Crippen LogP contribution is 2.45. The predicted molar refractivity (Wildman–Crippen MR) is 128 cm³/mol. The van der Waals surface area contributed by atoms with Gasteiger partial charge in [0.1, 0.15) is 18.1 Å². The first kappa shape index (κ1) is 23.2. The molecule has 0 saturated carbocycles. The van der Waals surface area contributed by atoms with Crippen LogP contribution in [0, 0.1) is 5.41 Å². The van der Waals surface area contributed by atoms with E-state index in [4.69, 9.17) is 20.6 Å². The number of rotatable bonds is 9. The maximum atomic E-state index is 13.4. The van der Waals surface area contributed by atoms with E-state index >= 15 is 0 Å². The average Bonchev–Trinajstić information content (AvgIpc) is 2.88. The molecule has 1 heterocycles. The van der Waals surface area contributed by atoms with E-state index in [-0.39, 0.29) is 31.9 Å². The molecule has 1 radical (unpaired) electrons. The first-order valence-corrected chi connectivity index (χ1v) is 11.1. The summed E-state index contributed by atoms with van der Waals surface area (Å²) in [5, 5.41) is 8.07. The molecular formula is C27H26N3O4. The van der Waals surface area contributed by atoms with Crippen molar-refractivity contribution in [3.8, 4) is 11.5 Å². The number of nitrogens with zero attached hydrogens (tertiary/aromatic N) is 1. The Morgan fingerprint density at radius 2 is 1.59 bits per heavy atom. The first-order chi connectivity index (χ1) is 16.6. The molecule has 1 aliphatic rings. The van der Waals surface area contributed by atoms with Gasteiger partial charge in [-0.2, -0.15) is 0 Å². The highest BCUT2D eigenvalue weighted by Gasteiger charge is 2.36. The second-order valence-electron chi connectivity index (χ2n) is 8.03. The van der Waals surface area contributed by atoms with Crippen LogP contribution in [0.4, 0.5) is 0 Å². The number of nitrogens with two attached hydrogens (primary N) is 1. The number of carbonyl (C=O) groups is 1. The monoisotopic (exact) mass is 456 g/mol. The van der Waals surface area contributed by atoms with E-state index in [0.717, 1.165) is 16.7 Å². The second kappa shape index (κ2) is 10.8. The molecule has 0 bridgehead atoms. The summed E-state index contributed by atoms with van der Waals surface area (Å²) >= 11 is 0. The molecule has 7 heteroatoms. The van der Waals surface area contributed by atoms with Gasteiger partial charge in [-0.3, -0.25) is 15.0 Å². The summed E-state index contributed by atoms with van der Waals surface area (Å²) in [6.45, 7) is 0.0482. The van der Waals surface area contributed by atoms with Crippen LogP contribution in [0.5, 0.6) is 11.5 Å². The van der Waals surface area contributed by atoms with Gasteiger partial charge in [-0.1, -0.05) is 66.7 Å². The third-order valence-electron chi connectivity index (χ3n) is 5.73. The summed E-state index contributed by atoms with van der Waals surface area (Å²) in [5.41, 5.74) is 8.75. The lowest BCUT2D eigenvalue weighted by molar-refractivity contribution is -0.133. The van der Waals surface area contributed by atoms with Crippen LogP contribution in [0.1, 0.15) is 35.6 Å². The molecule has 1 amide bonds. The minimum absolute atomic E-state index is 0.0577. The Bertz CT molecular complexity index is 1120. The minimum atomic E-state index is -0.906. The van der Waals surface area contributed by atoms with Crippen LogP contribution >= 0.6 is 0 Å². The van der Waals surface area contributed by atoms with E-state index in [2.05, 4.69) is 0 Å². The Hall–Kier alpha value is -3.97.